The third-order valence-electron chi connectivity index (χ3n) is 3.66. The highest BCUT2D eigenvalue weighted by Gasteiger charge is 2.37. The monoisotopic (exact) mass is 349 g/mol. The third kappa shape index (κ3) is 2.76. The molecule has 1 heterocycles. The second kappa shape index (κ2) is 6.04. The summed E-state index contributed by atoms with van der Waals surface area (Å²) in [4.78, 5) is 11.3. The van der Waals surface area contributed by atoms with Crippen LogP contribution in [0.3, 0.4) is 0 Å². The van der Waals surface area contributed by atoms with E-state index in [0.717, 1.165) is 4.31 Å². The molecule has 2 aromatic carbocycles. The van der Waals surface area contributed by atoms with E-state index in [0.29, 0.717) is 11.4 Å². The number of fused-ring (bicyclic) bond motifs is 1. The summed E-state index contributed by atoms with van der Waals surface area (Å²) < 4.78 is 37.4. The molecule has 1 N–H and O–H groups in total. The Labute approximate surface area is 139 Å². The molecular formula is C16H15NO6S. The molecule has 8 heteroatoms. The topological polar surface area (TPSA) is 93.1 Å². The first-order valence-electron chi connectivity index (χ1n) is 7.09. The van der Waals surface area contributed by atoms with Gasteiger partial charge in [-0.05, 0) is 36.4 Å². The van der Waals surface area contributed by atoms with E-state index in [2.05, 4.69) is 0 Å². The zero-order chi connectivity index (χ0) is 17.3. The minimum absolute atomic E-state index is 0.0455. The summed E-state index contributed by atoms with van der Waals surface area (Å²) in [6.07, 6.45) is -1.27. The molecule has 0 saturated carbocycles. The number of methoxy groups -OCH3 is 1. The lowest BCUT2D eigenvalue weighted by Crippen LogP contribution is -2.47. The molecule has 0 spiro atoms. The molecule has 126 valence electrons. The van der Waals surface area contributed by atoms with Gasteiger partial charge in [0.1, 0.15) is 11.5 Å². The summed E-state index contributed by atoms with van der Waals surface area (Å²) >= 11 is 0. The van der Waals surface area contributed by atoms with Crippen molar-refractivity contribution < 1.29 is 27.8 Å². The Morgan fingerprint density at radius 2 is 1.88 bits per heavy atom. The lowest BCUT2D eigenvalue weighted by atomic mass is 10.2. The van der Waals surface area contributed by atoms with Gasteiger partial charge in [-0.1, -0.05) is 12.1 Å². The highest BCUT2D eigenvalue weighted by Crippen LogP contribution is 2.36. The number of sulfonamides is 1. The molecule has 0 fully saturated rings. The molecule has 1 atom stereocenters. The third-order valence-corrected chi connectivity index (χ3v) is 5.45. The minimum Gasteiger partial charge on any atom is -0.497 e. The normalized spacial score (nSPS) is 16.9. The number of benzene rings is 2. The van der Waals surface area contributed by atoms with Gasteiger partial charge in [-0.3, -0.25) is 4.31 Å². The van der Waals surface area contributed by atoms with Crippen LogP contribution in [0, 0.1) is 0 Å². The summed E-state index contributed by atoms with van der Waals surface area (Å²) in [6, 6.07) is 12.3. The molecule has 0 aliphatic carbocycles. The van der Waals surface area contributed by atoms with Gasteiger partial charge in [-0.15, -0.1) is 0 Å². The van der Waals surface area contributed by atoms with Crippen molar-refractivity contribution in [3.8, 4) is 11.5 Å². The highest BCUT2D eigenvalue weighted by molar-refractivity contribution is 7.92. The Balaban J connectivity index is 2.06. The number of hydrogen-bond donors (Lipinski definition) is 1. The standard InChI is InChI=1S/C16H15NO6S/c1-22-11-6-8-12(9-7-11)24(20,21)17-10-15(16(18)19)23-14-5-3-2-4-13(14)17/h2-9,15H,10H2,1H3,(H,18,19)/t15-/m0/s1. The van der Waals surface area contributed by atoms with Crippen molar-refractivity contribution in [1.29, 1.82) is 0 Å². The van der Waals surface area contributed by atoms with E-state index in [9.17, 15) is 18.3 Å². The summed E-state index contributed by atoms with van der Waals surface area (Å²) in [5.74, 6) is -0.479. The van der Waals surface area contributed by atoms with E-state index in [4.69, 9.17) is 9.47 Å². The number of carboxylic acids is 1. The lowest BCUT2D eigenvalue weighted by molar-refractivity contribution is -0.144. The van der Waals surface area contributed by atoms with Gasteiger partial charge in [0, 0.05) is 0 Å². The maximum Gasteiger partial charge on any atom is 0.346 e. The molecule has 0 saturated heterocycles. The van der Waals surface area contributed by atoms with E-state index in [1.54, 1.807) is 24.3 Å². The van der Waals surface area contributed by atoms with Crippen LogP contribution >= 0.6 is 0 Å². The molecule has 1 aliphatic heterocycles. The summed E-state index contributed by atoms with van der Waals surface area (Å²) in [6.45, 7) is -0.305. The molecule has 0 radical (unpaired) electrons. The molecular weight excluding hydrogens is 334 g/mol. The van der Waals surface area contributed by atoms with Crippen LogP contribution in [-0.2, 0) is 14.8 Å². The maximum absolute atomic E-state index is 13.0. The molecule has 0 bridgehead atoms. The van der Waals surface area contributed by atoms with Gasteiger partial charge in [0.2, 0.25) is 6.10 Å². The first kappa shape index (κ1) is 16.1. The van der Waals surface area contributed by atoms with Gasteiger partial charge in [-0.25, -0.2) is 13.2 Å². The van der Waals surface area contributed by atoms with Gasteiger partial charge >= 0.3 is 5.97 Å². The van der Waals surface area contributed by atoms with Crippen molar-refractivity contribution in [3.05, 3.63) is 48.5 Å². The summed E-state index contributed by atoms with van der Waals surface area (Å²) in [5, 5.41) is 9.22. The number of rotatable bonds is 4. The van der Waals surface area contributed by atoms with E-state index in [1.165, 1.54) is 31.4 Å². The average molecular weight is 349 g/mol. The molecule has 3 rings (SSSR count). The van der Waals surface area contributed by atoms with Gasteiger partial charge in [0.15, 0.2) is 0 Å². The second-order valence-electron chi connectivity index (χ2n) is 5.12. The van der Waals surface area contributed by atoms with E-state index >= 15 is 0 Å². The molecule has 1 aliphatic rings. The number of carbonyl (C=O) groups is 1. The predicted octanol–water partition coefficient (Wildman–Crippen LogP) is 1.74. The number of ether oxygens (including phenoxy) is 2. The van der Waals surface area contributed by atoms with Crippen LogP contribution in [0.4, 0.5) is 5.69 Å². The van der Waals surface area contributed by atoms with Crippen molar-refractivity contribution in [2.45, 2.75) is 11.0 Å². The fourth-order valence-electron chi connectivity index (χ4n) is 2.43. The van der Waals surface area contributed by atoms with Crippen LogP contribution in [0.2, 0.25) is 0 Å². The molecule has 2 aromatic rings. The highest BCUT2D eigenvalue weighted by atomic mass is 32.2. The van der Waals surface area contributed by atoms with Gasteiger partial charge in [0.25, 0.3) is 10.0 Å². The Morgan fingerprint density at radius 3 is 2.50 bits per heavy atom. The van der Waals surface area contributed by atoms with Crippen molar-refractivity contribution in [1.82, 2.24) is 0 Å². The van der Waals surface area contributed by atoms with Gasteiger partial charge in [-0.2, -0.15) is 0 Å². The van der Waals surface area contributed by atoms with Crippen molar-refractivity contribution >= 4 is 21.7 Å². The number of nitrogens with zero attached hydrogens (tertiary/aromatic N) is 1. The van der Waals surface area contributed by atoms with Crippen LogP contribution in [0.25, 0.3) is 0 Å². The van der Waals surface area contributed by atoms with Gasteiger partial charge < -0.3 is 14.6 Å². The minimum atomic E-state index is -3.93. The first-order valence-corrected chi connectivity index (χ1v) is 8.53. The fraction of sp³-hybridized carbons (Fsp3) is 0.188. The first-order chi connectivity index (χ1) is 11.4. The number of hydrogen-bond acceptors (Lipinski definition) is 5. The molecule has 24 heavy (non-hydrogen) atoms. The summed E-state index contributed by atoms with van der Waals surface area (Å²) in [5.41, 5.74) is 0.311. The van der Waals surface area contributed by atoms with Crippen LogP contribution in [-0.4, -0.2) is 39.3 Å². The Hall–Kier alpha value is -2.74. The number of para-hydroxylation sites is 2. The van der Waals surface area contributed by atoms with Crippen LogP contribution in [0.5, 0.6) is 11.5 Å². The lowest BCUT2D eigenvalue weighted by Gasteiger charge is -2.33. The van der Waals surface area contributed by atoms with E-state index < -0.39 is 22.1 Å². The SMILES string of the molecule is COc1ccc(S(=O)(=O)N2C[C@@H](C(=O)O)Oc3ccccc32)cc1. The Bertz CT molecular complexity index is 862. The average Bonchev–Trinajstić information content (AvgIpc) is 2.60. The van der Waals surface area contributed by atoms with Crippen molar-refractivity contribution in [3.63, 3.8) is 0 Å². The van der Waals surface area contributed by atoms with Gasteiger partial charge in [0.05, 0.1) is 24.2 Å². The van der Waals surface area contributed by atoms with Crippen LogP contribution in [0.15, 0.2) is 53.4 Å². The summed E-state index contributed by atoms with van der Waals surface area (Å²) in [7, 11) is -2.45. The molecule has 0 amide bonds. The molecule has 0 unspecified atom stereocenters. The largest absolute Gasteiger partial charge is 0.497 e. The number of aliphatic carboxylic acids is 1. The molecule has 0 aromatic heterocycles. The number of carboxylic acid groups (broad SMARTS) is 1. The predicted molar refractivity (Wildman–Crippen MR) is 86.0 cm³/mol. The zero-order valence-electron chi connectivity index (χ0n) is 12.7. The molecule has 7 nitrogen and oxygen atoms in total. The van der Waals surface area contributed by atoms with Crippen LogP contribution < -0.4 is 13.8 Å². The zero-order valence-corrected chi connectivity index (χ0v) is 13.6. The Kier molecular flexibility index (Phi) is 4.06. The van der Waals surface area contributed by atoms with E-state index in [-0.39, 0.29) is 17.2 Å². The number of anilines is 1. The van der Waals surface area contributed by atoms with Crippen LogP contribution in [0.1, 0.15) is 0 Å². The van der Waals surface area contributed by atoms with E-state index in [1.807, 2.05) is 0 Å². The van der Waals surface area contributed by atoms with Crippen molar-refractivity contribution in [2.75, 3.05) is 18.0 Å². The maximum atomic E-state index is 13.0. The quantitative estimate of drug-likeness (QED) is 0.904. The Morgan fingerprint density at radius 1 is 1.21 bits per heavy atom. The second-order valence-corrected chi connectivity index (χ2v) is 6.99. The fourth-order valence-corrected chi connectivity index (χ4v) is 3.91. The van der Waals surface area contributed by atoms with Crippen molar-refractivity contribution in [2.24, 2.45) is 0 Å². The smallest absolute Gasteiger partial charge is 0.346 e.